The number of hydrogen-bond donors (Lipinski definition) is 1. The van der Waals surface area contributed by atoms with Gasteiger partial charge in [0.15, 0.2) is 0 Å². The number of rotatable bonds is 3. The Morgan fingerprint density at radius 1 is 1.53 bits per heavy atom. The standard InChI is InChI=1S/C13H18N2O4/c1-4-9-10(8(3)19-14-9)12(16)15-6-5-7(2)11(15)13(17)18/h7,11H,4-6H2,1-3H3,(H,17,18). The number of carboxylic acid groups (broad SMARTS) is 1. The van der Waals surface area contributed by atoms with E-state index >= 15 is 0 Å². The van der Waals surface area contributed by atoms with Gasteiger partial charge in [-0.15, -0.1) is 0 Å². The Kier molecular flexibility index (Phi) is 3.59. The molecule has 0 aromatic carbocycles. The molecule has 0 radical (unpaired) electrons. The van der Waals surface area contributed by atoms with Crippen molar-refractivity contribution < 1.29 is 19.2 Å². The van der Waals surface area contributed by atoms with Crippen molar-refractivity contribution in [1.29, 1.82) is 0 Å². The van der Waals surface area contributed by atoms with Gasteiger partial charge in [-0.25, -0.2) is 4.79 Å². The molecule has 2 heterocycles. The van der Waals surface area contributed by atoms with E-state index < -0.39 is 12.0 Å². The average molecular weight is 266 g/mol. The van der Waals surface area contributed by atoms with Crippen LogP contribution in [0.1, 0.15) is 42.1 Å². The molecule has 0 aliphatic carbocycles. The molecule has 1 aromatic rings. The first-order valence-electron chi connectivity index (χ1n) is 6.46. The van der Waals surface area contributed by atoms with E-state index in [9.17, 15) is 14.7 Å². The van der Waals surface area contributed by atoms with Crippen LogP contribution in [0.5, 0.6) is 0 Å². The van der Waals surface area contributed by atoms with E-state index in [-0.39, 0.29) is 11.8 Å². The summed E-state index contributed by atoms with van der Waals surface area (Å²) in [4.78, 5) is 25.3. The summed E-state index contributed by atoms with van der Waals surface area (Å²) in [6, 6.07) is -0.758. The second kappa shape index (κ2) is 5.03. The summed E-state index contributed by atoms with van der Waals surface area (Å²) in [6.45, 7) is 5.88. The average Bonchev–Trinajstić information content (AvgIpc) is 2.91. The van der Waals surface area contributed by atoms with Gasteiger partial charge in [0.05, 0.1) is 5.69 Å². The molecule has 6 nitrogen and oxygen atoms in total. The molecule has 0 saturated carbocycles. The number of likely N-dealkylation sites (tertiary alicyclic amines) is 1. The maximum Gasteiger partial charge on any atom is 0.326 e. The van der Waals surface area contributed by atoms with Gasteiger partial charge in [-0.2, -0.15) is 0 Å². The predicted molar refractivity (Wildman–Crippen MR) is 66.9 cm³/mol. The summed E-state index contributed by atoms with van der Waals surface area (Å²) < 4.78 is 5.04. The predicted octanol–water partition coefficient (Wildman–Crippen LogP) is 1.48. The first-order chi connectivity index (χ1) is 8.97. The van der Waals surface area contributed by atoms with Crippen LogP contribution in [0, 0.1) is 12.8 Å². The molecule has 2 unspecified atom stereocenters. The molecular weight excluding hydrogens is 248 g/mol. The maximum absolute atomic E-state index is 12.5. The van der Waals surface area contributed by atoms with Crippen LogP contribution in [-0.2, 0) is 11.2 Å². The quantitative estimate of drug-likeness (QED) is 0.895. The number of carbonyl (C=O) groups is 2. The highest BCUT2D eigenvalue weighted by Gasteiger charge is 2.41. The fraction of sp³-hybridized carbons (Fsp3) is 0.615. The van der Waals surface area contributed by atoms with E-state index in [2.05, 4.69) is 5.16 Å². The lowest BCUT2D eigenvalue weighted by atomic mass is 10.0. The summed E-state index contributed by atoms with van der Waals surface area (Å²) in [5.74, 6) is -0.824. The minimum absolute atomic E-state index is 0.0355. The van der Waals surface area contributed by atoms with Crippen molar-refractivity contribution in [1.82, 2.24) is 10.1 Å². The number of nitrogens with zero attached hydrogens (tertiary/aromatic N) is 2. The second-order valence-electron chi connectivity index (χ2n) is 4.96. The monoisotopic (exact) mass is 266 g/mol. The molecule has 2 atom stereocenters. The molecule has 0 bridgehead atoms. The smallest absolute Gasteiger partial charge is 0.326 e. The number of aromatic nitrogens is 1. The van der Waals surface area contributed by atoms with Crippen molar-refractivity contribution in [3.05, 3.63) is 17.0 Å². The molecule has 1 N–H and O–H groups in total. The molecule has 1 aliphatic heterocycles. The van der Waals surface area contributed by atoms with Gasteiger partial charge in [-0.3, -0.25) is 4.79 Å². The zero-order chi connectivity index (χ0) is 14.2. The number of carbonyl (C=O) groups excluding carboxylic acids is 1. The maximum atomic E-state index is 12.5. The molecule has 1 amide bonds. The number of aryl methyl sites for hydroxylation is 2. The zero-order valence-electron chi connectivity index (χ0n) is 11.3. The van der Waals surface area contributed by atoms with E-state index in [1.807, 2.05) is 13.8 Å². The van der Waals surface area contributed by atoms with Crippen molar-refractivity contribution in [2.75, 3.05) is 6.54 Å². The second-order valence-corrected chi connectivity index (χ2v) is 4.96. The van der Waals surface area contributed by atoms with Gasteiger partial charge >= 0.3 is 5.97 Å². The SMILES string of the molecule is CCc1noc(C)c1C(=O)N1CCC(C)C1C(=O)O. The van der Waals surface area contributed by atoms with Gasteiger partial charge in [0.1, 0.15) is 17.4 Å². The highest BCUT2D eigenvalue weighted by molar-refractivity contribution is 5.98. The lowest BCUT2D eigenvalue weighted by Gasteiger charge is -2.23. The Morgan fingerprint density at radius 3 is 2.79 bits per heavy atom. The zero-order valence-corrected chi connectivity index (χ0v) is 11.3. The molecule has 1 aliphatic rings. The Balaban J connectivity index is 2.33. The van der Waals surface area contributed by atoms with Gasteiger partial charge in [0.2, 0.25) is 0 Å². The van der Waals surface area contributed by atoms with Crippen molar-refractivity contribution in [2.45, 2.75) is 39.7 Å². The van der Waals surface area contributed by atoms with Gasteiger partial charge in [0, 0.05) is 6.54 Å². The van der Waals surface area contributed by atoms with Crippen LogP contribution in [-0.4, -0.2) is 39.6 Å². The molecule has 0 spiro atoms. The third kappa shape index (κ3) is 2.22. The molecule has 1 fully saturated rings. The van der Waals surface area contributed by atoms with Crippen LogP contribution >= 0.6 is 0 Å². The minimum Gasteiger partial charge on any atom is -0.480 e. The Labute approximate surface area is 111 Å². The van der Waals surface area contributed by atoms with Crippen molar-refractivity contribution in [2.24, 2.45) is 5.92 Å². The summed E-state index contributed by atoms with van der Waals surface area (Å²) in [5.41, 5.74) is 1.01. The fourth-order valence-electron chi connectivity index (χ4n) is 2.63. The molecule has 1 saturated heterocycles. The Bertz CT molecular complexity index is 509. The van der Waals surface area contributed by atoms with Gasteiger partial charge in [0.25, 0.3) is 5.91 Å². The first kappa shape index (κ1) is 13.6. The molecule has 19 heavy (non-hydrogen) atoms. The Hall–Kier alpha value is -1.85. The van der Waals surface area contributed by atoms with Gasteiger partial charge < -0.3 is 14.5 Å². The van der Waals surface area contributed by atoms with Gasteiger partial charge in [-0.05, 0) is 25.7 Å². The number of amides is 1. The van der Waals surface area contributed by atoms with E-state index in [4.69, 9.17) is 4.52 Å². The highest BCUT2D eigenvalue weighted by Crippen LogP contribution is 2.27. The Morgan fingerprint density at radius 2 is 2.21 bits per heavy atom. The van der Waals surface area contributed by atoms with E-state index in [0.717, 1.165) is 0 Å². The topological polar surface area (TPSA) is 83.6 Å². The van der Waals surface area contributed by atoms with Gasteiger partial charge in [-0.1, -0.05) is 19.0 Å². The van der Waals surface area contributed by atoms with Crippen LogP contribution in [0.25, 0.3) is 0 Å². The van der Waals surface area contributed by atoms with Crippen LogP contribution < -0.4 is 0 Å². The van der Waals surface area contributed by atoms with Crippen LogP contribution in [0.2, 0.25) is 0 Å². The van der Waals surface area contributed by atoms with Crippen molar-refractivity contribution in [3.8, 4) is 0 Å². The van der Waals surface area contributed by atoms with Crippen molar-refractivity contribution in [3.63, 3.8) is 0 Å². The minimum atomic E-state index is -0.953. The molecule has 6 heteroatoms. The number of carboxylic acids is 1. The molecule has 2 rings (SSSR count). The fourth-order valence-corrected chi connectivity index (χ4v) is 2.63. The third-order valence-corrected chi connectivity index (χ3v) is 3.70. The summed E-state index contributed by atoms with van der Waals surface area (Å²) in [6.07, 6.45) is 1.29. The lowest BCUT2D eigenvalue weighted by Crippen LogP contribution is -2.43. The van der Waals surface area contributed by atoms with E-state index in [1.165, 1.54) is 4.90 Å². The van der Waals surface area contributed by atoms with Crippen LogP contribution in [0.4, 0.5) is 0 Å². The summed E-state index contributed by atoms with van der Waals surface area (Å²) >= 11 is 0. The lowest BCUT2D eigenvalue weighted by molar-refractivity contribution is -0.142. The van der Waals surface area contributed by atoms with Crippen LogP contribution in [0.15, 0.2) is 4.52 Å². The largest absolute Gasteiger partial charge is 0.480 e. The molecule has 1 aromatic heterocycles. The number of hydrogen-bond acceptors (Lipinski definition) is 4. The molecule has 104 valence electrons. The highest BCUT2D eigenvalue weighted by atomic mass is 16.5. The van der Waals surface area contributed by atoms with E-state index in [0.29, 0.717) is 36.4 Å². The van der Waals surface area contributed by atoms with Crippen LogP contribution in [0.3, 0.4) is 0 Å². The summed E-state index contributed by atoms with van der Waals surface area (Å²) in [5, 5.41) is 13.1. The summed E-state index contributed by atoms with van der Waals surface area (Å²) in [7, 11) is 0. The third-order valence-electron chi connectivity index (χ3n) is 3.70. The van der Waals surface area contributed by atoms with Crippen molar-refractivity contribution >= 4 is 11.9 Å². The number of aliphatic carboxylic acids is 1. The first-order valence-corrected chi connectivity index (χ1v) is 6.46. The van der Waals surface area contributed by atoms with E-state index in [1.54, 1.807) is 6.92 Å². The molecular formula is C13H18N2O4. The normalized spacial score (nSPS) is 22.8.